The first-order chi connectivity index (χ1) is 8.35. The van der Waals surface area contributed by atoms with E-state index in [9.17, 15) is 4.79 Å². The molecule has 1 heterocycles. The molecule has 3 heteroatoms. The Hall–Kier alpha value is -1.35. The van der Waals surface area contributed by atoms with Crippen LogP contribution in [0.4, 0.5) is 5.69 Å². The summed E-state index contributed by atoms with van der Waals surface area (Å²) in [7, 11) is 0. The SMILES string of the molecule is O=Cc1ccc(N2CCCC2CCCO)cc1. The lowest BCUT2D eigenvalue weighted by Crippen LogP contribution is -2.29. The molecule has 0 spiro atoms. The van der Waals surface area contributed by atoms with Crippen LogP contribution in [0.2, 0.25) is 0 Å². The monoisotopic (exact) mass is 233 g/mol. The molecule has 1 unspecified atom stereocenters. The minimum Gasteiger partial charge on any atom is -0.396 e. The van der Waals surface area contributed by atoms with Crippen molar-refractivity contribution in [2.24, 2.45) is 0 Å². The molecule has 1 N–H and O–H groups in total. The molecule has 0 radical (unpaired) electrons. The van der Waals surface area contributed by atoms with E-state index in [4.69, 9.17) is 5.11 Å². The van der Waals surface area contributed by atoms with E-state index < -0.39 is 0 Å². The molecule has 0 aliphatic carbocycles. The van der Waals surface area contributed by atoms with Gasteiger partial charge < -0.3 is 10.0 Å². The topological polar surface area (TPSA) is 40.5 Å². The molecule has 1 aliphatic heterocycles. The second kappa shape index (κ2) is 5.82. The molecule has 0 aromatic heterocycles. The van der Waals surface area contributed by atoms with Crippen molar-refractivity contribution in [1.82, 2.24) is 0 Å². The van der Waals surface area contributed by atoms with Gasteiger partial charge in [0.2, 0.25) is 0 Å². The first-order valence-corrected chi connectivity index (χ1v) is 6.28. The zero-order valence-electron chi connectivity index (χ0n) is 10.0. The first-order valence-electron chi connectivity index (χ1n) is 6.28. The molecular formula is C14H19NO2. The maximum atomic E-state index is 10.6. The van der Waals surface area contributed by atoms with Gasteiger partial charge in [-0.2, -0.15) is 0 Å². The molecule has 1 atom stereocenters. The molecule has 17 heavy (non-hydrogen) atoms. The van der Waals surface area contributed by atoms with Crippen LogP contribution in [0.5, 0.6) is 0 Å². The molecule has 1 aromatic carbocycles. The van der Waals surface area contributed by atoms with E-state index in [0.717, 1.165) is 31.2 Å². The molecule has 3 nitrogen and oxygen atoms in total. The van der Waals surface area contributed by atoms with Crippen molar-refractivity contribution in [3.63, 3.8) is 0 Å². The van der Waals surface area contributed by atoms with Crippen LogP contribution in [0.25, 0.3) is 0 Å². The highest BCUT2D eigenvalue weighted by Crippen LogP contribution is 2.27. The summed E-state index contributed by atoms with van der Waals surface area (Å²) in [5, 5.41) is 8.89. The Kier molecular flexibility index (Phi) is 4.15. The second-order valence-corrected chi connectivity index (χ2v) is 4.56. The number of nitrogens with zero attached hydrogens (tertiary/aromatic N) is 1. The van der Waals surface area contributed by atoms with Crippen molar-refractivity contribution in [3.8, 4) is 0 Å². The van der Waals surface area contributed by atoms with Crippen LogP contribution in [0.3, 0.4) is 0 Å². The highest BCUT2D eigenvalue weighted by Gasteiger charge is 2.23. The Morgan fingerprint density at radius 2 is 2.12 bits per heavy atom. The number of aldehydes is 1. The summed E-state index contributed by atoms with van der Waals surface area (Å²) in [6, 6.07) is 8.31. The van der Waals surface area contributed by atoms with Crippen LogP contribution in [-0.4, -0.2) is 30.6 Å². The van der Waals surface area contributed by atoms with Gasteiger partial charge in [0.1, 0.15) is 6.29 Å². The third kappa shape index (κ3) is 2.86. The minimum atomic E-state index is 0.272. The van der Waals surface area contributed by atoms with Crippen LogP contribution in [0.15, 0.2) is 24.3 Å². The third-order valence-corrected chi connectivity index (χ3v) is 3.43. The number of anilines is 1. The van der Waals surface area contributed by atoms with Gasteiger partial charge in [0.05, 0.1) is 0 Å². The zero-order chi connectivity index (χ0) is 12.1. The third-order valence-electron chi connectivity index (χ3n) is 3.43. The number of aliphatic hydroxyl groups is 1. The fourth-order valence-electron chi connectivity index (χ4n) is 2.55. The second-order valence-electron chi connectivity index (χ2n) is 4.56. The molecule has 2 rings (SSSR count). The van der Waals surface area contributed by atoms with E-state index in [1.807, 2.05) is 24.3 Å². The van der Waals surface area contributed by atoms with Crippen LogP contribution in [-0.2, 0) is 0 Å². The van der Waals surface area contributed by atoms with Gasteiger partial charge in [-0.3, -0.25) is 4.79 Å². The molecule has 0 bridgehead atoms. The van der Waals surface area contributed by atoms with Crippen LogP contribution in [0, 0.1) is 0 Å². The van der Waals surface area contributed by atoms with Crippen molar-refractivity contribution in [2.75, 3.05) is 18.1 Å². The largest absolute Gasteiger partial charge is 0.396 e. The van der Waals surface area contributed by atoms with E-state index in [1.165, 1.54) is 18.5 Å². The average Bonchev–Trinajstić information content (AvgIpc) is 2.84. The van der Waals surface area contributed by atoms with Gasteiger partial charge in [-0.05, 0) is 49.9 Å². The van der Waals surface area contributed by atoms with Gasteiger partial charge >= 0.3 is 0 Å². The lowest BCUT2D eigenvalue weighted by Gasteiger charge is -2.26. The van der Waals surface area contributed by atoms with E-state index in [1.54, 1.807) is 0 Å². The summed E-state index contributed by atoms with van der Waals surface area (Å²) >= 11 is 0. The Labute approximate surface area is 102 Å². The van der Waals surface area contributed by atoms with Gasteiger partial charge in [0, 0.05) is 30.4 Å². The number of carbonyl (C=O) groups is 1. The number of hydrogen-bond acceptors (Lipinski definition) is 3. The van der Waals surface area contributed by atoms with Crippen molar-refractivity contribution >= 4 is 12.0 Å². The van der Waals surface area contributed by atoms with Crippen LogP contribution < -0.4 is 4.90 Å². The van der Waals surface area contributed by atoms with Gasteiger partial charge in [0.15, 0.2) is 0 Å². The summed E-state index contributed by atoms with van der Waals surface area (Å²) in [6.07, 6.45) is 5.21. The number of rotatable bonds is 5. The Bertz CT molecular complexity index is 361. The first kappa shape index (κ1) is 12.1. The molecule has 92 valence electrons. The van der Waals surface area contributed by atoms with Crippen LogP contribution in [0.1, 0.15) is 36.0 Å². The smallest absolute Gasteiger partial charge is 0.150 e. The highest BCUT2D eigenvalue weighted by molar-refractivity contribution is 5.75. The van der Waals surface area contributed by atoms with Crippen molar-refractivity contribution in [1.29, 1.82) is 0 Å². The lowest BCUT2D eigenvalue weighted by molar-refractivity contribution is 0.112. The average molecular weight is 233 g/mol. The van der Waals surface area contributed by atoms with Gasteiger partial charge in [-0.1, -0.05) is 0 Å². The highest BCUT2D eigenvalue weighted by atomic mass is 16.2. The summed E-state index contributed by atoms with van der Waals surface area (Å²) in [4.78, 5) is 13.0. The van der Waals surface area contributed by atoms with E-state index in [-0.39, 0.29) is 6.61 Å². The van der Waals surface area contributed by atoms with E-state index in [2.05, 4.69) is 4.90 Å². The zero-order valence-corrected chi connectivity index (χ0v) is 10.0. The molecule has 0 amide bonds. The molecular weight excluding hydrogens is 214 g/mol. The van der Waals surface area contributed by atoms with Gasteiger partial charge in [-0.15, -0.1) is 0 Å². The summed E-state index contributed by atoms with van der Waals surface area (Å²) < 4.78 is 0. The Balaban J connectivity index is 2.06. The minimum absolute atomic E-state index is 0.272. The summed E-state index contributed by atoms with van der Waals surface area (Å²) in [5.74, 6) is 0. The number of aliphatic hydroxyl groups excluding tert-OH is 1. The number of carbonyl (C=O) groups excluding carboxylic acids is 1. The molecule has 1 aliphatic rings. The fraction of sp³-hybridized carbons (Fsp3) is 0.500. The Morgan fingerprint density at radius 1 is 1.35 bits per heavy atom. The normalized spacial score (nSPS) is 19.6. The van der Waals surface area contributed by atoms with E-state index >= 15 is 0 Å². The predicted octanol–water partition coefficient (Wildman–Crippen LogP) is 2.24. The van der Waals surface area contributed by atoms with E-state index in [0.29, 0.717) is 6.04 Å². The predicted molar refractivity (Wildman–Crippen MR) is 68.5 cm³/mol. The molecule has 1 saturated heterocycles. The van der Waals surface area contributed by atoms with Gasteiger partial charge in [0.25, 0.3) is 0 Å². The van der Waals surface area contributed by atoms with Crippen molar-refractivity contribution in [2.45, 2.75) is 31.7 Å². The molecule has 1 aromatic rings. The summed E-state index contributed by atoms with van der Waals surface area (Å²) in [5.41, 5.74) is 1.91. The standard InChI is InChI=1S/C14H19NO2/c16-10-2-4-13-3-1-9-15(13)14-7-5-12(11-17)6-8-14/h5-8,11,13,16H,1-4,9-10H2. The van der Waals surface area contributed by atoms with Crippen LogP contribution >= 0.6 is 0 Å². The van der Waals surface area contributed by atoms with Crippen molar-refractivity contribution < 1.29 is 9.90 Å². The quantitative estimate of drug-likeness (QED) is 0.793. The summed E-state index contributed by atoms with van der Waals surface area (Å²) in [6.45, 7) is 1.35. The lowest BCUT2D eigenvalue weighted by atomic mass is 10.1. The van der Waals surface area contributed by atoms with Crippen molar-refractivity contribution in [3.05, 3.63) is 29.8 Å². The molecule has 1 fully saturated rings. The van der Waals surface area contributed by atoms with Gasteiger partial charge in [-0.25, -0.2) is 0 Å². The number of hydrogen-bond donors (Lipinski definition) is 1. The Morgan fingerprint density at radius 3 is 2.76 bits per heavy atom. The molecule has 0 saturated carbocycles. The maximum Gasteiger partial charge on any atom is 0.150 e. The fourth-order valence-corrected chi connectivity index (χ4v) is 2.55. The number of benzene rings is 1. The maximum absolute atomic E-state index is 10.6.